The van der Waals surface area contributed by atoms with Gasteiger partial charge in [-0.2, -0.15) is 0 Å². The number of rotatable bonds is 6. The van der Waals surface area contributed by atoms with Crippen molar-refractivity contribution in [3.63, 3.8) is 0 Å². The first kappa shape index (κ1) is 15.3. The Bertz CT molecular complexity index is 844. The first-order valence-corrected chi connectivity index (χ1v) is 9.21. The van der Waals surface area contributed by atoms with E-state index in [2.05, 4.69) is 25.7 Å². The highest BCUT2D eigenvalue weighted by atomic mass is 32.2. The van der Waals surface area contributed by atoms with Gasteiger partial charge in [0.1, 0.15) is 5.76 Å². The van der Waals surface area contributed by atoms with Gasteiger partial charge in [-0.25, -0.2) is 0 Å². The largest absolute Gasteiger partial charge is 0.360 e. The van der Waals surface area contributed by atoms with Gasteiger partial charge in [0.2, 0.25) is 5.13 Å². The first-order valence-electron chi connectivity index (χ1n) is 7.41. The van der Waals surface area contributed by atoms with Crippen LogP contribution >= 0.6 is 23.1 Å². The zero-order valence-corrected chi connectivity index (χ0v) is 14.1. The van der Waals surface area contributed by atoms with Gasteiger partial charge in [0, 0.05) is 30.1 Å². The van der Waals surface area contributed by atoms with E-state index in [0.717, 1.165) is 34.3 Å². The van der Waals surface area contributed by atoms with E-state index in [-0.39, 0.29) is 11.6 Å². The lowest BCUT2D eigenvalue weighted by molar-refractivity contribution is 0.101. The predicted molar refractivity (Wildman–Crippen MR) is 90.1 cm³/mol. The molecule has 0 spiro atoms. The number of carbonyl (C=O) groups is 1. The zero-order chi connectivity index (χ0) is 16.4. The molecule has 1 fully saturated rings. The van der Waals surface area contributed by atoms with Crippen molar-refractivity contribution < 1.29 is 9.32 Å². The minimum absolute atomic E-state index is 0.275. The maximum atomic E-state index is 12.1. The highest BCUT2D eigenvalue weighted by Gasteiger charge is 2.29. The van der Waals surface area contributed by atoms with Crippen molar-refractivity contribution in [2.24, 2.45) is 0 Å². The molecular formula is C15H13N5O2S2. The fourth-order valence-electron chi connectivity index (χ4n) is 2.06. The number of anilines is 1. The molecule has 24 heavy (non-hydrogen) atoms. The van der Waals surface area contributed by atoms with E-state index >= 15 is 0 Å². The summed E-state index contributed by atoms with van der Waals surface area (Å²) in [6.07, 6.45) is 5.76. The van der Waals surface area contributed by atoms with Crippen LogP contribution in [0.25, 0.3) is 0 Å². The van der Waals surface area contributed by atoms with Crippen LogP contribution in [0.2, 0.25) is 0 Å². The molecule has 1 aliphatic carbocycles. The number of pyridine rings is 1. The third-order valence-electron chi connectivity index (χ3n) is 3.45. The van der Waals surface area contributed by atoms with Crippen molar-refractivity contribution >= 4 is 34.1 Å². The van der Waals surface area contributed by atoms with Gasteiger partial charge in [-0.15, -0.1) is 10.2 Å². The SMILES string of the molecule is O=C(Nc1nnc(SCc2cccnc2)s1)c1cc(C2CC2)on1. The molecule has 3 heterocycles. The summed E-state index contributed by atoms with van der Waals surface area (Å²) < 4.78 is 5.97. The van der Waals surface area contributed by atoms with Crippen LogP contribution < -0.4 is 5.32 Å². The van der Waals surface area contributed by atoms with E-state index in [0.29, 0.717) is 11.0 Å². The third kappa shape index (κ3) is 3.62. The normalized spacial score (nSPS) is 13.8. The summed E-state index contributed by atoms with van der Waals surface area (Å²) in [7, 11) is 0. The Morgan fingerprint density at radius 3 is 3.12 bits per heavy atom. The molecule has 0 atom stereocenters. The Hall–Kier alpha value is -2.26. The van der Waals surface area contributed by atoms with Crippen molar-refractivity contribution in [2.75, 3.05) is 5.32 Å². The Morgan fingerprint density at radius 1 is 1.42 bits per heavy atom. The average molecular weight is 359 g/mol. The van der Waals surface area contributed by atoms with Gasteiger partial charge in [0.15, 0.2) is 10.0 Å². The average Bonchev–Trinajstić information content (AvgIpc) is 3.17. The van der Waals surface area contributed by atoms with Crippen LogP contribution in [0.5, 0.6) is 0 Å². The van der Waals surface area contributed by atoms with E-state index in [1.807, 2.05) is 18.3 Å². The number of carbonyl (C=O) groups excluding carboxylic acids is 1. The molecule has 4 rings (SSSR count). The number of thioether (sulfide) groups is 1. The number of hydrogen-bond acceptors (Lipinski definition) is 8. The minimum atomic E-state index is -0.328. The fourth-order valence-corrected chi connectivity index (χ4v) is 3.75. The molecule has 0 aromatic carbocycles. The van der Waals surface area contributed by atoms with Crippen LogP contribution in [0.15, 0.2) is 39.5 Å². The van der Waals surface area contributed by atoms with Crippen molar-refractivity contribution in [3.8, 4) is 0 Å². The van der Waals surface area contributed by atoms with Gasteiger partial charge < -0.3 is 4.52 Å². The summed E-state index contributed by atoms with van der Waals surface area (Å²) in [5.74, 6) is 1.64. The molecule has 9 heteroatoms. The lowest BCUT2D eigenvalue weighted by Gasteiger charge is -1.96. The second-order valence-electron chi connectivity index (χ2n) is 5.37. The van der Waals surface area contributed by atoms with Gasteiger partial charge in [-0.1, -0.05) is 34.3 Å². The molecule has 0 unspecified atom stereocenters. The maximum Gasteiger partial charge on any atom is 0.279 e. The molecule has 1 N–H and O–H groups in total. The highest BCUT2D eigenvalue weighted by molar-refractivity contribution is 8.00. The Labute approximate surface area is 145 Å². The van der Waals surface area contributed by atoms with E-state index in [1.54, 1.807) is 24.0 Å². The quantitative estimate of drug-likeness (QED) is 0.533. The minimum Gasteiger partial charge on any atom is -0.360 e. The lowest BCUT2D eigenvalue weighted by Crippen LogP contribution is -2.11. The third-order valence-corrected chi connectivity index (χ3v) is 5.50. The standard InChI is InChI=1S/C15H13N5O2S2/c21-13(11-6-12(22-20-11)10-3-4-10)17-14-18-19-15(24-14)23-8-9-2-1-5-16-7-9/h1-2,5-7,10H,3-4,8H2,(H,17,18,21). The second kappa shape index (κ2) is 6.70. The number of amides is 1. The Kier molecular flexibility index (Phi) is 4.26. The van der Waals surface area contributed by atoms with Crippen LogP contribution in [-0.2, 0) is 5.75 Å². The monoisotopic (exact) mass is 359 g/mol. The smallest absolute Gasteiger partial charge is 0.279 e. The molecule has 1 saturated carbocycles. The van der Waals surface area contributed by atoms with Gasteiger partial charge >= 0.3 is 0 Å². The van der Waals surface area contributed by atoms with Crippen LogP contribution in [0.3, 0.4) is 0 Å². The lowest BCUT2D eigenvalue weighted by atomic mass is 10.3. The molecule has 1 amide bonds. The van der Waals surface area contributed by atoms with E-state index in [4.69, 9.17) is 4.52 Å². The Balaban J connectivity index is 1.34. The van der Waals surface area contributed by atoms with Crippen molar-refractivity contribution in [1.82, 2.24) is 20.3 Å². The van der Waals surface area contributed by atoms with Crippen molar-refractivity contribution in [3.05, 3.63) is 47.6 Å². The van der Waals surface area contributed by atoms with Crippen LogP contribution in [0.1, 0.15) is 40.6 Å². The van der Waals surface area contributed by atoms with Crippen LogP contribution in [0, 0.1) is 0 Å². The predicted octanol–water partition coefficient (Wildman–Crippen LogP) is 3.34. The summed E-state index contributed by atoms with van der Waals surface area (Å²) in [6.45, 7) is 0. The van der Waals surface area contributed by atoms with Crippen LogP contribution in [0.4, 0.5) is 5.13 Å². The number of hydrogen-bond donors (Lipinski definition) is 1. The molecule has 3 aromatic heterocycles. The molecule has 0 bridgehead atoms. The topological polar surface area (TPSA) is 93.8 Å². The maximum absolute atomic E-state index is 12.1. The van der Waals surface area contributed by atoms with Gasteiger partial charge in [-0.05, 0) is 24.5 Å². The van der Waals surface area contributed by atoms with Crippen molar-refractivity contribution in [2.45, 2.75) is 28.9 Å². The molecule has 122 valence electrons. The van der Waals surface area contributed by atoms with Gasteiger partial charge in [-0.3, -0.25) is 15.1 Å². The molecule has 0 saturated heterocycles. The molecule has 0 radical (unpaired) electrons. The number of nitrogens with one attached hydrogen (secondary N) is 1. The molecule has 1 aliphatic rings. The molecule has 3 aromatic rings. The summed E-state index contributed by atoms with van der Waals surface area (Å²) in [6, 6.07) is 5.60. The van der Waals surface area contributed by atoms with E-state index in [1.165, 1.54) is 11.3 Å². The van der Waals surface area contributed by atoms with Gasteiger partial charge in [0.25, 0.3) is 5.91 Å². The Morgan fingerprint density at radius 2 is 2.33 bits per heavy atom. The second-order valence-corrected chi connectivity index (χ2v) is 7.57. The molecular weight excluding hydrogens is 346 g/mol. The highest BCUT2D eigenvalue weighted by Crippen LogP contribution is 2.40. The fraction of sp³-hybridized carbons (Fsp3) is 0.267. The van der Waals surface area contributed by atoms with E-state index in [9.17, 15) is 4.79 Å². The summed E-state index contributed by atoms with van der Waals surface area (Å²) in [4.78, 5) is 16.2. The van der Waals surface area contributed by atoms with Gasteiger partial charge in [0.05, 0.1) is 0 Å². The first-order chi connectivity index (χ1) is 11.8. The van der Waals surface area contributed by atoms with Crippen LogP contribution in [-0.4, -0.2) is 26.2 Å². The molecule has 0 aliphatic heterocycles. The number of nitrogens with zero attached hydrogens (tertiary/aromatic N) is 4. The molecule has 7 nitrogen and oxygen atoms in total. The number of aromatic nitrogens is 4. The van der Waals surface area contributed by atoms with E-state index < -0.39 is 0 Å². The van der Waals surface area contributed by atoms with Crippen molar-refractivity contribution in [1.29, 1.82) is 0 Å². The summed E-state index contributed by atoms with van der Waals surface area (Å²) in [5.41, 5.74) is 1.38. The zero-order valence-electron chi connectivity index (χ0n) is 12.5. The summed E-state index contributed by atoms with van der Waals surface area (Å²) >= 11 is 2.88. The summed E-state index contributed by atoms with van der Waals surface area (Å²) in [5, 5.41) is 15.0.